The first-order chi connectivity index (χ1) is 9.20. The Morgan fingerprint density at radius 3 is 2.79 bits per heavy atom. The van der Waals surface area contributed by atoms with E-state index in [9.17, 15) is 9.90 Å². The highest BCUT2D eigenvalue weighted by molar-refractivity contribution is 5.95. The molecule has 1 aliphatic rings. The second-order valence-corrected chi connectivity index (χ2v) is 5.01. The molecule has 1 heterocycles. The second kappa shape index (κ2) is 4.70. The number of furan rings is 1. The molecule has 1 aliphatic carbocycles. The summed E-state index contributed by atoms with van der Waals surface area (Å²) in [5.41, 5.74) is 1.46. The third kappa shape index (κ3) is 2.24. The number of hydrogen-bond acceptors (Lipinski definition) is 3. The third-order valence-corrected chi connectivity index (χ3v) is 3.72. The Morgan fingerprint density at radius 1 is 1.42 bits per heavy atom. The van der Waals surface area contributed by atoms with Gasteiger partial charge in [-0.25, -0.2) is 4.79 Å². The lowest BCUT2D eigenvalue weighted by atomic mass is 10.1. The van der Waals surface area contributed by atoms with Gasteiger partial charge in [0.05, 0.1) is 0 Å². The molecule has 4 nitrogen and oxygen atoms in total. The van der Waals surface area contributed by atoms with Gasteiger partial charge in [0, 0.05) is 23.5 Å². The van der Waals surface area contributed by atoms with Crippen molar-refractivity contribution in [2.75, 3.05) is 6.54 Å². The number of rotatable bonds is 5. The van der Waals surface area contributed by atoms with E-state index in [1.54, 1.807) is 0 Å². The van der Waals surface area contributed by atoms with Crippen LogP contribution in [0.4, 0.5) is 0 Å². The molecule has 0 aliphatic heterocycles. The fraction of sp³-hybridized carbons (Fsp3) is 0.400. The molecule has 1 saturated carbocycles. The lowest BCUT2D eigenvalue weighted by molar-refractivity contribution is 0.0661. The monoisotopic (exact) mass is 259 g/mol. The second-order valence-electron chi connectivity index (χ2n) is 5.01. The maximum Gasteiger partial charge on any atom is 0.372 e. The van der Waals surface area contributed by atoms with Crippen LogP contribution in [-0.4, -0.2) is 28.6 Å². The Hall–Kier alpha value is -1.81. The Bertz CT molecular complexity index is 613. The largest absolute Gasteiger partial charge is 0.475 e. The summed E-state index contributed by atoms with van der Waals surface area (Å²) in [4.78, 5) is 13.7. The molecule has 0 saturated heterocycles. The highest BCUT2D eigenvalue weighted by Gasteiger charge is 2.30. The lowest BCUT2D eigenvalue weighted by Gasteiger charge is -2.19. The van der Waals surface area contributed by atoms with Gasteiger partial charge in [-0.3, -0.25) is 4.90 Å². The lowest BCUT2D eigenvalue weighted by Crippen LogP contribution is -2.25. The van der Waals surface area contributed by atoms with Gasteiger partial charge in [-0.1, -0.05) is 25.1 Å². The van der Waals surface area contributed by atoms with Crippen LogP contribution in [0.15, 0.2) is 28.7 Å². The van der Waals surface area contributed by atoms with E-state index in [-0.39, 0.29) is 5.76 Å². The van der Waals surface area contributed by atoms with Gasteiger partial charge in [0.2, 0.25) is 5.76 Å². The molecule has 3 rings (SSSR count). The van der Waals surface area contributed by atoms with E-state index < -0.39 is 5.97 Å². The average molecular weight is 259 g/mol. The number of para-hydroxylation sites is 1. The molecule has 1 aromatic heterocycles. The zero-order valence-corrected chi connectivity index (χ0v) is 10.9. The quantitative estimate of drug-likeness (QED) is 0.896. The first-order valence-electron chi connectivity index (χ1n) is 6.68. The first-order valence-corrected chi connectivity index (χ1v) is 6.68. The minimum atomic E-state index is -0.988. The highest BCUT2D eigenvalue weighted by atomic mass is 16.4. The molecular formula is C15H17NO3. The van der Waals surface area contributed by atoms with Gasteiger partial charge in [-0.15, -0.1) is 0 Å². The van der Waals surface area contributed by atoms with E-state index in [2.05, 4.69) is 11.8 Å². The van der Waals surface area contributed by atoms with Gasteiger partial charge < -0.3 is 9.52 Å². The van der Waals surface area contributed by atoms with Crippen LogP contribution in [0.25, 0.3) is 11.0 Å². The Balaban J connectivity index is 2.03. The summed E-state index contributed by atoms with van der Waals surface area (Å²) < 4.78 is 5.48. The molecule has 2 aromatic rings. The van der Waals surface area contributed by atoms with Crippen molar-refractivity contribution in [2.45, 2.75) is 32.4 Å². The molecule has 100 valence electrons. The van der Waals surface area contributed by atoms with E-state index >= 15 is 0 Å². The number of nitrogens with zero attached hydrogens (tertiary/aromatic N) is 1. The molecule has 1 N–H and O–H groups in total. The van der Waals surface area contributed by atoms with Crippen LogP contribution in [0.3, 0.4) is 0 Å². The van der Waals surface area contributed by atoms with E-state index in [0.717, 1.165) is 17.5 Å². The molecular weight excluding hydrogens is 242 g/mol. The van der Waals surface area contributed by atoms with Crippen molar-refractivity contribution in [1.29, 1.82) is 0 Å². The maximum atomic E-state index is 11.3. The van der Waals surface area contributed by atoms with E-state index in [1.807, 2.05) is 24.3 Å². The van der Waals surface area contributed by atoms with E-state index in [0.29, 0.717) is 18.2 Å². The minimum Gasteiger partial charge on any atom is -0.475 e. The van der Waals surface area contributed by atoms with Gasteiger partial charge >= 0.3 is 5.97 Å². The van der Waals surface area contributed by atoms with Crippen molar-refractivity contribution < 1.29 is 14.3 Å². The van der Waals surface area contributed by atoms with Crippen molar-refractivity contribution in [3.8, 4) is 0 Å². The normalized spacial score (nSPS) is 15.3. The minimum absolute atomic E-state index is 0.0836. The van der Waals surface area contributed by atoms with Crippen molar-refractivity contribution in [3.05, 3.63) is 35.6 Å². The van der Waals surface area contributed by atoms with Crippen LogP contribution in [0, 0.1) is 0 Å². The predicted molar refractivity (Wildman–Crippen MR) is 72.3 cm³/mol. The summed E-state index contributed by atoms with van der Waals surface area (Å²) in [7, 11) is 0. The molecule has 1 aromatic carbocycles. The number of benzene rings is 1. The molecule has 0 unspecified atom stereocenters. The molecule has 19 heavy (non-hydrogen) atoms. The van der Waals surface area contributed by atoms with Crippen LogP contribution in [0.1, 0.15) is 35.9 Å². The fourth-order valence-electron chi connectivity index (χ4n) is 2.57. The van der Waals surface area contributed by atoms with Crippen LogP contribution in [0.2, 0.25) is 0 Å². The predicted octanol–water partition coefficient (Wildman–Crippen LogP) is 3.12. The smallest absolute Gasteiger partial charge is 0.372 e. The van der Waals surface area contributed by atoms with Crippen LogP contribution >= 0.6 is 0 Å². The van der Waals surface area contributed by atoms with Crippen LogP contribution in [-0.2, 0) is 6.54 Å². The number of fused-ring (bicyclic) bond motifs is 1. The number of carboxylic acid groups (broad SMARTS) is 1. The molecule has 0 atom stereocenters. The summed E-state index contributed by atoms with van der Waals surface area (Å²) in [6.07, 6.45) is 2.43. The van der Waals surface area contributed by atoms with Gasteiger partial charge in [-0.2, -0.15) is 0 Å². The zero-order valence-electron chi connectivity index (χ0n) is 10.9. The zero-order chi connectivity index (χ0) is 13.4. The van der Waals surface area contributed by atoms with E-state index in [4.69, 9.17) is 4.42 Å². The van der Waals surface area contributed by atoms with Crippen LogP contribution in [0.5, 0.6) is 0 Å². The summed E-state index contributed by atoms with van der Waals surface area (Å²) in [5, 5.41) is 10.2. The van der Waals surface area contributed by atoms with Gasteiger partial charge in [0.1, 0.15) is 5.58 Å². The fourth-order valence-corrected chi connectivity index (χ4v) is 2.57. The Morgan fingerprint density at radius 2 is 2.16 bits per heavy atom. The summed E-state index contributed by atoms with van der Waals surface area (Å²) in [5.74, 6) is -0.904. The van der Waals surface area contributed by atoms with Crippen molar-refractivity contribution >= 4 is 16.9 Å². The van der Waals surface area contributed by atoms with Crippen molar-refractivity contribution in [2.24, 2.45) is 0 Å². The number of hydrogen-bond donors (Lipinski definition) is 1. The average Bonchev–Trinajstić information content (AvgIpc) is 3.18. The molecule has 4 heteroatoms. The molecule has 0 amide bonds. The topological polar surface area (TPSA) is 53.7 Å². The van der Waals surface area contributed by atoms with Gasteiger partial charge in [-0.05, 0) is 25.5 Å². The van der Waals surface area contributed by atoms with E-state index in [1.165, 1.54) is 12.8 Å². The van der Waals surface area contributed by atoms with Gasteiger partial charge in [0.15, 0.2) is 0 Å². The Labute approximate surface area is 111 Å². The molecule has 0 bridgehead atoms. The van der Waals surface area contributed by atoms with Crippen molar-refractivity contribution in [1.82, 2.24) is 4.90 Å². The van der Waals surface area contributed by atoms with Gasteiger partial charge in [0.25, 0.3) is 0 Å². The summed E-state index contributed by atoms with van der Waals surface area (Å²) >= 11 is 0. The SMILES string of the molecule is CCN(Cc1c(C(=O)O)oc2ccccc12)C1CC1. The first kappa shape index (κ1) is 12.2. The molecule has 0 spiro atoms. The standard InChI is InChI=1S/C15H17NO3/c1-2-16(10-7-8-10)9-12-11-5-3-4-6-13(11)19-14(12)15(17)18/h3-6,10H,2,7-9H2,1H3,(H,17,18). The number of carboxylic acids is 1. The summed E-state index contributed by atoms with van der Waals surface area (Å²) in [6, 6.07) is 8.14. The molecule has 1 fully saturated rings. The number of carbonyl (C=O) groups is 1. The third-order valence-electron chi connectivity index (χ3n) is 3.72. The Kier molecular flexibility index (Phi) is 3.03. The molecule has 0 radical (unpaired) electrons. The summed E-state index contributed by atoms with van der Waals surface area (Å²) in [6.45, 7) is 3.70. The maximum absolute atomic E-state index is 11.3. The van der Waals surface area contributed by atoms with Crippen molar-refractivity contribution in [3.63, 3.8) is 0 Å². The number of aromatic carboxylic acids is 1. The highest BCUT2D eigenvalue weighted by Crippen LogP contribution is 2.32. The van der Waals surface area contributed by atoms with Crippen LogP contribution < -0.4 is 0 Å².